The van der Waals surface area contributed by atoms with Gasteiger partial charge in [0.1, 0.15) is 0 Å². The SMILES string of the molecule is Cc1cc(C=NNC(=O)C(=O)Nc2cccc3ccccc23)c(C)n1-c1ccccc1C(F)(F)F. The fourth-order valence-corrected chi connectivity index (χ4v) is 3.92. The van der Waals surface area contributed by atoms with Gasteiger partial charge in [0.15, 0.2) is 0 Å². The van der Waals surface area contributed by atoms with Crippen LogP contribution in [0.1, 0.15) is 22.5 Å². The lowest BCUT2D eigenvalue weighted by molar-refractivity contribution is -0.137. The van der Waals surface area contributed by atoms with Crippen molar-refractivity contribution in [1.29, 1.82) is 0 Å². The molecule has 0 fully saturated rings. The number of hydrogen-bond acceptors (Lipinski definition) is 3. The first-order chi connectivity index (χ1) is 16.7. The van der Waals surface area contributed by atoms with Gasteiger partial charge in [0, 0.05) is 28.0 Å². The van der Waals surface area contributed by atoms with Gasteiger partial charge in [-0.2, -0.15) is 18.3 Å². The maximum absolute atomic E-state index is 13.5. The second kappa shape index (κ2) is 9.46. The second-order valence-electron chi connectivity index (χ2n) is 7.86. The topological polar surface area (TPSA) is 75.5 Å². The first-order valence-corrected chi connectivity index (χ1v) is 10.6. The number of amides is 2. The number of benzene rings is 3. The van der Waals surface area contributed by atoms with Crippen molar-refractivity contribution in [3.8, 4) is 5.69 Å². The highest BCUT2D eigenvalue weighted by molar-refractivity contribution is 6.40. The Kier molecular flexibility index (Phi) is 6.42. The van der Waals surface area contributed by atoms with Crippen LogP contribution in [0.5, 0.6) is 0 Å². The summed E-state index contributed by atoms with van der Waals surface area (Å²) in [4.78, 5) is 24.6. The molecule has 0 saturated carbocycles. The molecule has 0 aliphatic carbocycles. The number of aromatic nitrogens is 1. The highest BCUT2D eigenvalue weighted by atomic mass is 19.4. The highest BCUT2D eigenvalue weighted by Gasteiger charge is 2.34. The molecule has 1 heterocycles. The van der Waals surface area contributed by atoms with Gasteiger partial charge < -0.3 is 9.88 Å². The van der Waals surface area contributed by atoms with Crippen LogP contribution < -0.4 is 10.7 Å². The third kappa shape index (κ3) is 4.93. The zero-order valence-electron chi connectivity index (χ0n) is 18.9. The van der Waals surface area contributed by atoms with E-state index in [0.717, 1.165) is 16.8 Å². The number of aryl methyl sites for hydroxylation is 1. The first-order valence-electron chi connectivity index (χ1n) is 10.6. The highest BCUT2D eigenvalue weighted by Crippen LogP contribution is 2.35. The Labute approximate surface area is 199 Å². The quantitative estimate of drug-likeness (QED) is 0.236. The number of carbonyl (C=O) groups excluding carboxylic acids is 2. The van der Waals surface area contributed by atoms with Gasteiger partial charge in [-0.25, -0.2) is 5.43 Å². The molecule has 0 aliphatic heterocycles. The van der Waals surface area contributed by atoms with Crippen molar-refractivity contribution in [1.82, 2.24) is 9.99 Å². The molecule has 1 aromatic heterocycles. The molecule has 0 atom stereocenters. The molecule has 0 bridgehead atoms. The minimum absolute atomic E-state index is 0.00634. The average Bonchev–Trinajstić information content (AvgIpc) is 3.11. The summed E-state index contributed by atoms with van der Waals surface area (Å²) >= 11 is 0. The van der Waals surface area contributed by atoms with Crippen LogP contribution in [0.3, 0.4) is 0 Å². The van der Waals surface area contributed by atoms with Crippen LogP contribution in [0.4, 0.5) is 18.9 Å². The van der Waals surface area contributed by atoms with Gasteiger partial charge in [0.25, 0.3) is 0 Å². The van der Waals surface area contributed by atoms with Gasteiger partial charge >= 0.3 is 18.0 Å². The van der Waals surface area contributed by atoms with E-state index in [-0.39, 0.29) is 5.69 Å². The van der Waals surface area contributed by atoms with E-state index in [1.807, 2.05) is 30.3 Å². The molecule has 178 valence electrons. The number of rotatable bonds is 4. The Morgan fingerprint density at radius 1 is 0.914 bits per heavy atom. The number of alkyl halides is 3. The van der Waals surface area contributed by atoms with E-state index < -0.39 is 23.6 Å². The molecule has 3 aromatic carbocycles. The van der Waals surface area contributed by atoms with Crippen LogP contribution in [0.2, 0.25) is 0 Å². The Balaban J connectivity index is 1.50. The van der Waals surface area contributed by atoms with Gasteiger partial charge in [-0.1, -0.05) is 48.5 Å². The number of nitrogens with one attached hydrogen (secondary N) is 2. The number of para-hydroxylation sites is 1. The molecule has 0 aliphatic rings. The van der Waals surface area contributed by atoms with E-state index in [2.05, 4.69) is 15.8 Å². The number of hydrogen-bond donors (Lipinski definition) is 2. The summed E-state index contributed by atoms with van der Waals surface area (Å²) in [5.41, 5.74) is 3.43. The van der Waals surface area contributed by atoms with Crippen molar-refractivity contribution < 1.29 is 22.8 Å². The van der Waals surface area contributed by atoms with Crippen molar-refractivity contribution in [2.45, 2.75) is 20.0 Å². The average molecular weight is 478 g/mol. The number of carbonyl (C=O) groups is 2. The summed E-state index contributed by atoms with van der Waals surface area (Å²) in [6.07, 6.45) is -3.22. The van der Waals surface area contributed by atoms with Gasteiger partial charge in [0.2, 0.25) is 0 Å². The molecule has 0 radical (unpaired) electrons. The van der Waals surface area contributed by atoms with Crippen LogP contribution in [0.15, 0.2) is 77.9 Å². The number of nitrogens with zero attached hydrogens (tertiary/aromatic N) is 2. The summed E-state index contributed by atoms with van der Waals surface area (Å²) in [5.74, 6) is -1.88. The zero-order valence-corrected chi connectivity index (χ0v) is 18.9. The Hall–Kier alpha value is -4.40. The van der Waals surface area contributed by atoms with Crippen molar-refractivity contribution in [3.63, 3.8) is 0 Å². The van der Waals surface area contributed by atoms with E-state index in [1.165, 1.54) is 29.0 Å². The molecule has 2 N–H and O–H groups in total. The lowest BCUT2D eigenvalue weighted by Gasteiger charge is -2.16. The predicted octanol–water partition coefficient (Wildman–Crippen LogP) is 5.35. The van der Waals surface area contributed by atoms with Crippen LogP contribution in [-0.4, -0.2) is 22.6 Å². The number of halogens is 3. The van der Waals surface area contributed by atoms with Gasteiger partial charge in [-0.15, -0.1) is 0 Å². The Morgan fingerprint density at radius 2 is 1.60 bits per heavy atom. The van der Waals surface area contributed by atoms with E-state index >= 15 is 0 Å². The van der Waals surface area contributed by atoms with Gasteiger partial charge in [-0.05, 0) is 43.5 Å². The smallest absolute Gasteiger partial charge is 0.317 e. The fourth-order valence-electron chi connectivity index (χ4n) is 3.92. The first kappa shape index (κ1) is 23.7. The predicted molar refractivity (Wildman–Crippen MR) is 129 cm³/mol. The van der Waals surface area contributed by atoms with Crippen LogP contribution in [0.25, 0.3) is 16.5 Å². The van der Waals surface area contributed by atoms with Crippen molar-refractivity contribution in [3.05, 3.63) is 95.3 Å². The number of anilines is 1. The van der Waals surface area contributed by atoms with Crippen molar-refractivity contribution >= 4 is 34.5 Å². The third-order valence-corrected chi connectivity index (χ3v) is 5.53. The summed E-state index contributed by atoms with van der Waals surface area (Å²) in [6, 6.07) is 19.7. The molecule has 35 heavy (non-hydrogen) atoms. The molecule has 6 nitrogen and oxygen atoms in total. The monoisotopic (exact) mass is 478 g/mol. The molecule has 0 unspecified atom stereocenters. The molecule has 0 saturated heterocycles. The van der Waals surface area contributed by atoms with E-state index in [1.54, 1.807) is 32.0 Å². The molecule has 4 rings (SSSR count). The normalized spacial score (nSPS) is 11.7. The largest absolute Gasteiger partial charge is 0.418 e. The van der Waals surface area contributed by atoms with Crippen LogP contribution >= 0.6 is 0 Å². The summed E-state index contributed by atoms with van der Waals surface area (Å²) in [6.45, 7) is 3.32. The van der Waals surface area contributed by atoms with Gasteiger partial charge in [-0.3, -0.25) is 9.59 Å². The van der Waals surface area contributed by atoms with E-state index in [4.69, 9.17) is 0 Å². The maximum atomic E-state index is 13.5. The fraction of sp³-hybridized carbons (Fsp3) is 0.115. The minimum Gasteiger partial charge on any atom is -0.317 e. The zero-order chi connectivity index (χ0) is 25.2. The molecule has 9 heteroatoms. The molecular weight excluding hydrogens is 457 g/mol. The maximum Gasteiger partial charge on any atom is 0.418 e. The van der Waals surface area contributed by atoms with Crippen LogP contribution in [-0.2, 0) is 15.8 Å². The molecule has 0 spiro atoms. The Morgan fingerprint density at radius 3 is 2.37 bits per heavy atom. The standard InChI is InChI=1S/C26H21F3N4O2/c1-16-14-19(17(2)33(16)23-13-6-5-11-21(23)26(27,28)29)15-30-32-25(35)24(34)31-22-12-7-9-18-8-3-4-10-20(18)22/h3-15H,1-2H3,(H,31,34)(H,32,35). The van der Waals surface area contributed by atoms with Crippen molar-refractivity contribution in [2.24, 2.45) is 5.10 Å². The Bertz CT molecular complexity index is 1450. The van der Waals surface area contributed by atoms with Gasteiger partial charge in [0.05, 0.1) is 17.5 Å². The summed E-state index contributed by atoms with van der Waals surface area (Å²) in [7, 11) is 0. The summed E-state index contributed by atoms with van der Waals surface area (Å²) in [5, 5.41) is 8.08. The second-order valence-corrected chi connectivity index (χ2v) is 7.86. The van der Waals surface area contributed by atoms with E-state index in [0.29, 0.717) is 22.6 Å². The van der Waals surface area contributed by atoms with E-state index in [9.17, 15) is 22.8 Å². The lowest BCUT2D eigenvalue weighted by atomic mass is 10.1. The minimum atomic E-state index is -4.51. The number of fused-ring (bicyclic) bond motifs is 1. The molecule has 2 amide bonds. The number of hydrazone groups is 1. The van der Waals surface area contributed by atoms with Crippen molar-refractivity contribution in [2.75, 3.05) is 5.32 Å². The molecule has 4 aromatic rings. The lowest BCUT2D eigenvalue weighted by Crippen LogP contribution is -2.32. The third-order valence-electron chi connectivity index (χ3n) is 5.53. The molecular formula is C26H21F3N4O2. The summed E-state index contributed by atoms with van der Waals surface area (Å²) < 4.78 is 41.9. The van der Waals surface area contributed by atoms with Crippen LogP contribution in [0, 0.1) is 13.8 Å².